The van der Waals surface area contributed by atoms with Crippen molar-refractivity contribution in [3.8, 4) is 6.07 Å². The van der Waals surface area contributed by atoms with Gasteiger partial charge in [-0.25, -0.2) is 4.98 Å². The van der Waals surface area contributed by atoms with Gasteiger partial charge in [0.05, 0.1) is 11.3 Å². The van der Waals surface area contributed by atoms with E-state index in [2.05, 4.69) is 23.3 Å². The van der Waals surface area contributed by atoms with Crippen LogP contribution in [0.2, 0.25) is 0 Å². The van der Waals surface area contributed by atoms with Gasteiger partial charge in [-0.1, -0.05) is 37.9 Å². The average Bonchev–Trinajstić information content (AvgIpc) is 2.58. The number of hydrogen-bond donors (Lipinski definition) is 1. The minimum Gasteiger partial charge on any atom is -0.355 e. The number of pyridine rings is 1. The second-order valence-corrected chi connectivity index (χ2v) is 6.93. The summed E-state index contributed by atoms with van der Waals surface area (Å²) in [5.41, 5.74) is 2.92. The molecule has 0 radical (unpaired) electrons. The van der Waals surface area contributed by atoms with Crippen molar-refractivity contribution >= 4 is 17.7 Å². The molecule has 1 aromatic rings. The molecule has 5 heteroatoms. The van der Waals surface area contributed by atoms with Crippen LogP contribution in [0.3, 0.4) is 0 Å². The summed E-state index contributed by atoms with van der Waals surface area (Å²) in [6.07, 6.45) is 8.94. The molecule has 0 aliphatic heterocycles. The third-order valence-electron chi connectivity index (χ3n) is 4.08. The maximum atomic E-state index is 11.9. The molecule has 1 aromatic heterocycles. The van der Waals surface area contributed by atoms with Crippen LogP contribution in [0.4, 0.5) is 0 Å². The Kier molecular flexibility index (Phi) is 7.41. The van der Waals surface area contributed by atoms with Gasteiger partial charge in [0.15, 0.2) is 0 Å². The second-order valence-electron chi connectivity index (χ2n) is 5.97. The van der Waals surface area contributed by atoms with Gasteiger partial charge in [0, 0.05) is 12.2 Å². The first-order valence-corrected chi connectivity index (χ1v) is 9.55. The Bertz CT molecular complexity index is 580. The van der Waals surface area contributed by atoms with E-state index in [9.17, 15) is 10.1 Å². The number of aryl methyl sites for hydroxylation is 2. The lowest BCUT2D eigenvalue weighted by molar-refractivity contribution is -0.118. The van der Waals surface area contributed by atoms with E-state index in [4.69, 9.17) is 0 Å². The predicted octanol–water partition coefficient (Wildman–Crippen LogP) is 3.62. The van der Waals surface area contributed by atoms with Crippen LogP contribution in [-0.2, 0) is 17.6 Å². The zero-order valence-corrected chi connectivity index (χ0v) is 14.7. The van der Waals surface area contributed by atoms with Crippen molar-refractivity contribution < 1.29 is 4.79 Å². The second kappa shape index (κ2) is 9.57. The van der Waals surface area contributed by atoms with E-state index < -0.39 is 0 Å². The van der Waals surface area contributed by atoms with Crippen LogP contribution in [0.15, 0.2) is 11.1 Å². The van der Waals surface area contributed by atoms with Crippen LogP contribution in [0.25, 0.3) is 0 Å². The van der Waals surface area contributed by atoms with Crippen molar-refractivity contribution in [1.29, 1.82) is 5.26 Å². The number of rotatable bonds is 8. The molecule has 2 rings (SSSR count). The molecule has 23 heavy (non-hydrogen) atoms. The van der Waals surface area contributed by atoms with E-state index >= 15 is 0 Å². The highest BCUT2D eigenvalue weighted by molar-refractivity contribution is 8.00. The van der Waals surface area contributed by atoms with E-state index in [1.165, 1.54) is 36.6 Å². The maximum Gasteiger partial charge on any atom is 0.230 e. The molecule has 0 atom stereocenters. The molecule has 4 nitrogen and oxygen atoms in total. The number of aromatic nitrogens is 1. The van der Waals surface area contributed by atoms with Crippen LogP contribution < -0.4 is 5.32 Å². The molecule has 0 spiro atoms. The van der Waals surface area contributed by atoms with Gasteiger partial charge in [-0.3, -0.25) is 4.79 Å². The molecule has 1 amide bonds. The van der Waals surface area contributed by atoms with Gasteiger partial charge in [0.25, 0.3) is 0 Å². The Balaban J connectivity index is 1.85. The standard InChI is InChI=1S/C18H25N3OS/c1-2-3-4-7-10-20-17(22)13-23-18-15(12-19)11-14-8-5-6-9-16(14)21-18/h11H,2-10,13H2,1H3,(H,20,22). The summed E-state index contributed by atoms with van der Waals surface area (Å²) < 4.78 is 0. The van der Waals surface area contributed by atoms with Crippen LogP contribution in [0.5, 0.6) is 0 Å². The SMILES string of the molecule is CCCCCCNC(=O)CSc1nc2c(cc1C#N)CCCC2. The van der Waals surface area contributed by atoms with Crippen molar-refractivity contribution in [1.82, 2.24) is 10.3 Å². The Labute approximate surface area is 143 Å². The van der Waals surface area contributed by atoms with Gasteiger partial charge >= 0.3 is 0 Å². The zero-order valence-electron chi connectivity index (χ0n) is 13.9. The van der Waals surface area contributed by atoms with Crippen LogP contribution in [0, 0.1) is 11.3 Å². The molecular formula is C18H25N3OS. The normalized spacial score (nSPS) is 13.2. The number of carbonyl (C=O) groups is 1. The summed E-state index contributed by atoms with van der Waals surface area (Å²) in [4.78, 5) is 16.5. The first kappa shape index (κ1) is 17.8. The number of hydrogen-bond acceptors (Lipinski definition) is 4. The Morgan fingerprint density at radius 2 is 2.17 bits per heavy atom. The molecule has 124 valence electrons. The van der Waals surface area contributed by atoms with E-state index in [1.54, 1.807) is 0 Å². The third kappa shape index (κ3) is 5.54. The van der Waals surface area contributed by atoms with Crippen LogP contribution in [0.1, 0.15) is 62.3 Å². The van der Waals surface area contributed by atoms with Crippen molar-refractivity contribution in [2.45, 2.75) is 63.3 Å². The van der Waals surface area contributed by atoms with Gasteiger partial charge in [-0.2, -0.15) is 5.26 Å². The molecule has 0 saturated carbocycles. The molecule has 0 aromatic carbocycles. The van der Waals surface area contributed by atoms with Gasteiger partial charge in [0.1, 0.15) is 11.1 Å². The summed E-state index contributed by atoms with van der Waals surface area (Å²) in [5.74, 6) is 0.351. The summed E-state index contributed by atoms with van der Waals surface area (Å²) in [5, 5.41) is 12.9. The molecule has 0 bridgehead atoms. The monoisotopic (exact) mass is 331 g/mol. The fourth-order valence-corrected chi connectivity index (χ4v) is 3.57. The number of nitriles is 1. The fraction of sp³-hybridized carbons (Fsp3) is 0.611. The van der Waals surface area contributed by atoms with Gasteiger partial charge in [-0.15, -0.1) is 0 Å². The Morgan fingerprint density at radius 3 is 2.96 bits per heavy atom. The van der Waals surface area contributed by atoms with Crippen LogP contribution in [-0.4, -0.2) is 23.2 Å². The van der Waals surface area contributed by atoms with Crippen LogP contribution >= 0.6 is 11.8 Å². The maximum absolute atomic E-state index is 11.9. The zero-order chi connectivity index (χ0) is 16.5. The highest BCUT2D eigenvalue weighted by Crippen LogP contribution is 2.27. The number of nitrogens with zero attached hydrogens (tertiary/aromatic N) is 2. The van der Waals surface area contributed by atoms with E-state index in [0.29, 0.717) is 16.3 Å². The topological polar surface area (TPSA) is 65.8 Å². The smallest absolute Gasteiger partial charge is 0.230 e. The Hall–Kier alpha value is -1.54. The molecular weight excluding hydrogens is 306 g/mol. The molecule has 0 saturated heterocycles. The van der Waals surface area contributed by atoms with E-state index in [1.807, 2.05) is 6.07 Å². The highest BCUT2D eigenvalue weighted by atomic mass is 32.2. The number of amides is 1. The lowest BCUT2D eigenvalue weighted by atomic mass is 9.95. The highest BCUT2D eigenvalue weighted by Gasteiger charge is 2.16. The minimum atomic E-state index is 0.0231. The third-order valence-corrected chi connectivity index (χ3v) is 5.07. The van der Waals surface area contributed by atoms with E-state index in [0.717, 1.165) is 44.3 Å². The number of fused-ring (bicyclic) bond motifs is 1. The summed E-state index contributed by atoms with van der Waals surface area (Å²) in [6.45, 7) is 2.91. The van der Waals surface area contributed by atoms with E-state index in [-0.39, 0.29) is 5.91 Å². The molecule has 1 aliphatic carbocycles. The summed E-state index contributed by atoms with van der Waals surface area (Å²) in [7, 11) is 0. The lowest BCUT2D eigenvalue weighted by Crippen LogP contribution is -2.26. The Morgan fingerprint density at radius 1 is 1.35 bits per heavy atom. The van der Waals surface area contributed by atoms with Crippen molar-refractivity contribution in [3.05, 3.63) is 22.9 Å². The van der Waals surface area contributed by atoms with Crippen molar-refractivity contribution in [2.75, 3.05) is 12.3 Å². The van der Waals surface area contributed by atoms with Gasteiger partial charge in [-0.05, 0) is 43.7 Å². The quantitative estimate of drug-likeness (QED) is 0.583. The fourth-order valence-electron chi connectivity index (χ4n) is 2.77. The minimum absolute atomic E-state index is 0.0231. The largest absolute Gasteiger partial charge is 0.355 e. The average molecular weight is 331 g/mol. The molecule has 1 heterocycles. The molecule has 1 N–H and O–H groups in total. The first-order valence-electron chi connectivity index (χ1n) is 8.57. The van der Waals surface area contributed by atoms with Crippen molar-refractivity contribution in [2.24, 2.45) is 0 Å². The summed E-state index contributed by atoms with van der Waals surface area (Å²) >= 11 is 1.38. The molecule has 1 aliphatic rings. The summed E-state index contributed by atoms with van der Waals surface area (Å²) in [6, 6.07) is 4.19. The molecule has 0 unspecified atom stereocenters. The lowest BCUT2D eigenvalue weighted by Gasteiger charge is -2.16. The van der Waals surface area contributed by atoms with Gasteiger partial charge < -0.3 is 5.32 Å². The van der Waals surface area contributed by atoms with Crippen molar-refractivity contribution in [3.63, 3.8) is 0 Å². The number of nitrogens with one attached hydrogen (secondary N) is 1. The number of thioether (sulfide) groups is 1. The first-order chi connectivity index (χ1) is 11.2. The van der Waals surface area contributed by atoms with Gasteiger partial charge in [0.2, 0.25) is 5.91 Å². The molecule has 0 fully saturated rings. The number of unbranched alkanes of at least 4 members (excludes halogenated alkanes) is 3. The number of carbonyl (C=O) groups excluding carboxylic acids is 1. The predicted molar refractivity (Wildman–Crippen MR) is 93.5 cm³/mol.